The Kier molecular flexibility index (Phi) is 9.34. The van der Waals surface area contributed by atoms with Crippen molar-refractivity contribution in [2.45, 2.75) is 6.92 Å². The number of likely N-dealkylation sites (N-methyl/N-ethyl adjacent to an activating group) is 1. The van der Waals surface area contributed by atoms with E-state index in [4.69, 9.17) is 9.47 Å². The molecule has 2 amide bonds. The molecule has 200 valence electrons. The number of rotatable bonds is 11. The molecule has 4 rings (SSSR count). The molecule has 0 aliphatic carbocycles. The molecule has 0 aliphatic heterocycles. The van der Waals surface area contributed by atoms with Gasteiger partial charge in [0.25, 0.3) is 5.91 Å². The highest BCUT2D eigenvalue weighted by Crippen LogP contribution is 2.31. The molecule has 0 unspecified atom stereocenters. The van der Waals surface area contributed by atoms with Crippen LogP contribution in [-0.4, -0.2) is 60.5 Å². The minimum absolute atomic E-state index is 0.226. The summed E-state index contributed by atoms with van der Waals surface area (Å²) in [5, 5.41) is 6.42. The first-order chi connectivity index (χ1) is 18.9. The Morgan fingerprint density at radius 1 is 0.974 bits per heavy atom. The zero-order chi connectivity index (χ0) is 27.6. The normalized spacial score (nSPS) is 11.2. The molecule has 2 aromatic carbocycles. The molecule has 2 aromatic heterocycles. The number of methoxy groups -OCH3 is 1. The minimum Gasteiger partial charge on any atom is -0.457 e. The molecular weight excluding hydrogens is 494 g/mol. The molecule has 0 bridgehead atoms. The lowest BCUT2D eigenvalue weighted by Crippen LogP contribution is -2.23. The molecule has 0 fully saturated rings. The molecule has 0 atom stereocenters. The number of aryl methyl sites for hydroxylation is 1. The summed E-state index contributed by atoms with van der Waals surface area (Å²) in [6, 6.07) is 17.7. The van der Waals surface area contributed by atoms with Crippen molar-refractivity contribution < 1.29 is 19.1 Å². The number of hydrogen-bond acceptors (Lipinski definition) is 7. The number of nitrogens with one attached hydrogen (secondary N) is 2. The molecule has 4 aromatic rings. The maximum Gasteiger partial charge on any atom is 0.256 e. The van der Waals surface area contributed by atoms with E-state index in [0.29, 0.717) is 41.7 Å². The van der Waals surface area contributed by atoms with Crippen LogP contribution in [0.25, 0.3) is 10.9 Å². The van der Waals surface area contributed by atoms with E-state index in [0.717, 1.165) is 23.0 Å². The maximum absolute atomic E-state index is 12.6. The highest BCUT2D eigenvalue weighted by molar-refractivity contribution is 6.04. The van der Waals surface area contributed by atoms with Gasteiger partial charge in [-0.25, -0.2) is 4.98 Å². The molecule has 0 saturated carbocycles. The first-order valence-corrected chi connectivity index (χ1v) is 12.5. The maximum atomic E-state index is 12.6. The van der Waals surface area contributed by atoms with Crippen LogP contribution in [-0.2, 0) is 9.53 Å². The second-order valence-corrected chi connectivity index (χ2v) is 8.99. The van der Waals surface area contributed by atoms with Crippen molar-refractivity contribution in [2.75, 3.05) is 44.5 Å². The lowest BCUT2D eigenvalue weighted by molar-refractivity contribution is -0.111. The van der Waals surface area contributed by atoms with Gasteiger partial charge in [-0.05, 0) is 80.2 Å². The van der Waals surface area contributed by atoms with Crippen molar-refractivity contribution in [3.05, 3.63) is 96.3 Å². The van der Waals surface area contributed by atoms with Gasteiger partial charge >= 0.3 is 0 Å². The lowest BCUT2D eigenvalue weighted by Gasteiger charge is -2.13. The van der Waals surface area contributed by atoms with E-state index in [-0.39, 0.29) is 11.8 Å². The van der Waals surface area contributed by atoms with Crippen LogP contribution in [0.1, 0.15) is 15.9 Å². The smallest absolute Gasteiger partial charge is 0.256 e. The van der Waals surface area contributed by atoms with Crippen LogP contribution >= 0.6 is 0 Å². The topological polar surface area (TPSA) is 106 Å². The van der Waals surface area contributed by atoms with Crippen molar-refractivity contribution in [1.29, 1.82) is 0 Å². The zero-order valence-electron chi connectivity index (χ0n) is 22.2. The molecule has 0 aliphatic rings. The van der Waals surface area contributed by atoms with E-state index in [1.165, 1.54) is 6.08 Å². The highest BCUT2D eigenvalue weighted by atomic mass is 16.5. The fourth-order valence-corrected chi connectivity index (χ4v) is 3.74. The second-order valence-electron chi connectivity index (χ2n) is 8.99. The van der Waals surface area contributed by atoms with Crippen molar-refractivity contribution in [3.8, 4) is 11.5 Å². The van der Waals surface area contributed by atoms with Gasteiger partial charge in [0.05, 0.1) is 12.1 Å². The number of nitrogens with zero attached hydrogens (tertiary/aromatic N) is 3. The van der Waals surface area contributed by atoms with Crippen LogP contribution in [0.15, 0.2) is 85.2 Å². The van der Waals surface area contributed by atoms with Gasteiger partial charge in [-0.2, -0.15) is 0 Å². The number of pyridine rings is 2. The van der Waals surface area contributed by atoms with E-state index >= 15 is 0 Å². The standard InChI is InChI=1S/C30H31N5O4/c1-21-12-14-32-28(19-21)34-30(37)22-6-9-24(10-7-22)39-27-13-15-31-26-11-8-23(20-25(26)27)33-29(36)5-4-16-35(2)17-18-38-3/h4-15,19-20H,16-18H2,1-3H3,(H,33,36)(H,32,34,37)/b5-4+. The Morgan fingerprint density at radius 2 is 1.77 bits per heavy atom. The fraction of sp³-hybridized carbons (Fsp3) is 0.200. The van der Waals surface area contributed by atoms with Gasteiger partial charge in [-0.1, -0.05) is 6.08 Å². The number of anilines is 2. The monoisotopic (exact) mass is 525 g/mol. The third kappa shape index (κ3) is 7.94. The third-order valence-corrected chi connectivity index (χ3v) is 5.83. The molecule has 9 heteroatoms. The predicted octanol–water partition coefficient (Wildman–Crippen LogP) is 5.06. The Labute approximate surface area is 227 Å². The average molecular weight is 526 g/mol. The molecule has 2 heterocycles. The van der Waals surface area contributed by atoms with E-state index < -0.39 is 0 Å². The Hall–Kier alpha value is -4.60. The summed E-state index contributed by atoms with van der Waals surface area (Å²) in [7, 11) is 3.62. The Morgan fingerprint density at radius 3 is 2.54 bits per heavy atom. The molecular formula is C30H31N5O4. The molecule has 39 heavy (non-hydrogen) atoms. The van der Waals surface area contributed by atoms with Crippen LogP contribution < -0.4 is 15.4 Å². The number of carbonyl (C=O) groups is 2. The number of fused-ring (bicyclic) bond motifs is 1. The van der Waals surface area contributed by atoms with Gasteiger partial charge in [0, 0.05) is 55.3 Å². The Bertz CT molecular complexity index is 1470. The van der Waals surface area contributed by atoms with Gasteiger partial charge in [0.1, 0.15) is 17.3 Å². The first kappa shape index (κ1) is 27.4. The molecule has 0 saturated heterocycles. The third-order valence-electron chi connectivity index (χ3n) is 5.83. The van der Waals surface area contributed by atoms with Gasteiger partial charge in [0.15, 0.2) is 0 Å². The summed E-state index contributed by atoms with van der Waals surface area (Å²) < 4.78 is 11.2. The van der Waals surface area contributed by atoms with Crippen molar-refractivity contribution >= 4 is 34.2 Å². The average Bonchev–Trinajstić information content (AvgIpc) is 2.92. The van der Waals surface area contributed by atoms with Crippen LogP contribution in [0.3, 0.4) is 0 Å². The van der Waals surface area contributed by atoms with Crippen LogP contribution in [0.5, 0.6) is 11.5 Å². The fourth-order valence-electron chi connectivity index (χ4n) is 3.74. The Balaban J connectivity index is 1.41. The number of carbonyl (C=O) groups excluding carboxylic acids is 2. The summed E-state index contributed by atoms with van der Waals surface area (Å²) in [6.45, 7) is 3.99. The van der Waals surface area contributed by atoms with Crippen LogP contribution in [0.2, 0.25) is 0 Å². The van der Waals surface area contributed by atoms with Gasteiger partial charge in [-0.3, -0.25) is 14.6 Å². The second kappa shape index (κ2) is 13.3. The predicted molar refractivity (Wildman–Crippen MR) is 152 cm³/mol. The molecule has 0 radical (unpaired) electrons. The van der Waals surface area contributed by atoms with Gasteiger partial charge in [0.2, 0.25) is 5.91 Å². The number of ether oxygens (including phenoxy) is 2. The summed E-state index contributed by atoms with van der Waals surface area (Å²) in [5.41, 5.74) is 2.84. The summed E-state index contributed by atoms with van der Waals surface area (Å²) in [5.74, 6) is 1.15. The van der Waals surface area contributed by atoms with Gasteiger partial charge < -0.3 is 25.0 Å². The zero-order valence-corrected chi connectivity index (χ0v) is 22.2. The van der Waals surface area contributed by atoms with E-state index in [1.54, 1.807) is 62.0 Å². The number of aromatic nitrogens is 2. The van der Waals surface area contributed by atoms with Crippen molar-refractivity contribution in [1.82, 2.24) is 14.9 Å². The number of hydrogen-bond donors (Lipinski definition) is 2. The van der Waals surface area contributed by atoms with Gasteiger partial charge in [-0.15, -0.1) is 0 Å². The molecule has 0 spiro atoms. The number of amides is 2. The highest BCUT2D eigenvalue weighted by Gasteiger charge is 2.10. The quantitative estimate of drug-likeness (QED) is 0.264. The number of benzene rings is 2. The van der Waals surface area contributed by atoms with E-state index in [2.05, 4.69) is 25.5 Å². The SMILES string of the molecule is COCCN(C)C/C=C/C(=O)Nc1ccc2nccc(Oc3ccc(C(=O)Nc4cc(C)ccn4)cc3)c2c1. The van der Waals surface area contributed by atoms with E-state index in [9.17, 15) is 9.59 Å². The molecule has 2 N–H and O–H groups in total. The minimum atomic E-state index is -0.259. The lowest BCUT2D eigenvalue weighted by atomic mass is 10.1. The van der Waals surface area contributed by atoms with Crippen LogP contribution in [0, 0.1) is 6.92 Å². The first-order valence-electron chi connectivity index (χ1n) is 12.5. The summed E-state index contributed by atoms with van der Waals surface area (Å²) >= 11 is 0. The molecule has 9 nitrogen and oxygen atoms in total. The summed E-state index contributed by atoms with van der Waals surface area (Å²) in [4.78, 5) is 35.6. The van der Waals surface area contributed by atoms with Crippen molar-refractivity contribution in [2.24, 2.45) is 0 Å². The summed E-state index contributed by atoms with van der Waals surface area (Å²) in [6.07, 6.45) is 6.64. The van der Waals surface area contributed by atoms with Crippen LogP contribution in [0.4, 0.5) is 11.5 Å². The van der Waals surface area contributed by atoms with Crippen molar-refractivity contribution in [3.63, 3.8) is 0 Å². The van der Waals surface area contributed by atoms with E-state index in [1.807, 2.05) is 38.2 Å². The largest absolute Gasteiger partial charge is 0.457 e.